The van der Waals surface area contributed by atoms with E-state index in [4.69, 9.17) is 0 Å². The minimum atomic E-state index is -0.488. The monoisotopic (exact) mass is 282 g/mol. The Kier molecular flexibility index (Phi) is 5.49. The van der Waals surface area contributed by atoms with Gasteiger partial charge in [0.1, 0.15) is 11.6 Å². The van der Waals surface area contributed by atoms with Crippen LogP contribution in [-0.4, -0.2) is 37.1 Å². The van der Waals surface area contributed by atoms with E-state index in [0.29, 0.717) is 18.4 Å². The zero-order valence-corrected chi connectivity index (χ0v) is 12.3. The Morgan fingerprint density at radius 1 is 1.25 bits per heavy atom. The van der Waals surface area contributed by atoms with Crippen LogP contribution in [0.5, 0.6) is 0 Å². The van der Waals surface area contributed by atoms with Crippen LogP contribution >= 0.6 is 0 Å². The van der Waals surface area contributed by atoms with Crippen LogP contribution in [0.1, 0.15) is 25.8 Å². The third kappa shape index (κ3) is 4.84. The van der Waals surface area contributed by atoms with Crippen molar-refractivity contribution >= 4 is 0 Å². The van der Waals surface area contributed by atoms with Crippen molar-refractivity contribution in [3.05, 3.63) is 35.4 Å². The number of halogens is 2. The number of hydrogen-bond donors (Lipinski definition) is 1. The maximum absolute atomic E-state index is 13.1. The third-order valence-corrected chi connectivity index (χ3v) is 3.73. The van der Waals surface area contributed by atoms with E-state index in [2.05, 4.69) is 24.1 Å². The van der Waals surface area contributed by atoms with Crippen LogP contribution in [0.3, 0.4) is 0 Å². The van der Waals surface area contributed by atoms with Crippen molar-refractivity contribution in [3.63, 3.8) is 0 Å². The summed E-state index contributed by atoms with van der Waals surface area (Å²) in [4.78, 5) is 2.38. The number of nitrogens with one attached hydrogen (secondary N) is 1. The summed E-state index contributed by atoms with van der Waals surface area (Å²) in [5.41, 5.74) is 0.737. The Labute approximate surface area is 120 Å². The van der Waals surface area contributed by atoms with Gasteiger partial charge in [0.05, 0.1) is 0 Å². The first-order valence-electron chi connectivity index (χ1n) is 7.43. The summed E-state index contributed by atoms with van der Waals surface area (Å²) in [6.07, 6.45) is 1.87. The maximum atomic E-state index is 13.1. The molecular weight excluding hydrogens is 258 g/mol. The lowest BCUT2D eigenvalue weighted by atomic mass is 10.0. The summed E-state index contributed by atoms with van der Waals surface area (Å²) in [7, 11) is 0. The maximum Gasteiger partial charge on any atom is 0.126 e. The zero-order valence-electron chi connectivity index (χ0n) is 12.3. The molecule has 2 rings (SSSR count). The number of hydrogen-bond acceptors (Lipinski definition) is 2. The number of nitrogens with zero attached hydrogens (tertiary/aromatic N) is 1. The summed E-state index contributed by atoms with van der Waals surface area (Å²) in [5, 5.41) is 3.54. The van der Waals surface area contributed by atoms with Gasteiger partial charge in [0.25, 0.3) is 0 Å². The highest BCUT2D eigenvalue weighted by atomic mass is 19.1. The second-order valence-electron chi connectivity index (χ2n) is 6.11. The average Bonchev–Trinajstić information content (AvgIpc) is 2.35. The van der Waals surface area contributed by atoms with Crippen molar-refractivity contribution in [2.24, 2.45) is 5.92 Å². The van der Waals surface area contributed by atoms with E-state index in [-0.39, 0.29) is 0 Å². The SMILES string of the molecule is CC(C)CC1CN(CCc2cc(F)cc(F)c2)CCN1. The van der Waals surface area contributed by atoms with Crippen LogP contribution in [-0.2, 0) is 6.42 Å². The molecule has 0 bridgehead atoms. The van der Waals surface area contributed by atoms with Gasteiger partial charge in [-0.15, -0.1) is 0 Å². The molecule has 1 aliphatic rings. The Hall–Kier alpha value is -1.00. The molecule has 0 aromatic heterocycles. The summed E-state index contributed by atoms with van der Waals surface area (Å²) in [6, 6.07) is 4.31. The van der Waals surface area contributed by atoms with E-state index >= 15 is 0 Å². The Morgan fingerprint density at radius 3 is 2.60 bits per heavy atom. The smallest absolute Gasteiger partial charge is 0.126 e. The van der Waals surface area contributed by atoms with Gasteiger partial charge >= 0.3 is 0 Å². The lowest BCUT2D eigenvalue weighted by Gasteiger charge is -2.34. The largest absolute Gasteiger partial charge is 0.311 e. The van der Waals surface area contributed by atoms with Gasteiger partial charge < -0.3 is 10.2 Å². The molecule has 1 saturated heterocycles. The molecule has 1 N–H and O–H groups in total. The van der Waals surface area contributed by atoms with Crippen LogP contribution in [0.15, 0.2) is 18.2 Å². The van der Waals surface area contributed by atoms with Gasteiger partial charge in [0, 0.05) is 38.3 Å². The highest BCUT2D eigenvalue weighted by Gasteiger charge is 2.19. The molecule has 0 amide bonds. The van der Waals surface area contributed by atoms with Crippen molar-refractivity contribution in [3.8, 4) is 0 Å². The molecule has 1 fully saturated rings. The molecule has 0 saturated carbocycles. The Balaban J connectivity index is 1.84. The second kappa shape index (κ2) is 7.14. The highest BCUT2D eigenvalue weighted by Crippen LogP contribution is 2.12. The quantitative estimate of drug-likeness (QED) is 0.893. The minimum Gasteiger partial charge on any atom is -0.311 e. The standard InChI is InChI=1S/C16H24F2N2/c1-12(2)7-16-11-20(6-4-19-16)5-3-13-8-14(17)10-15(18)9-13/h8-10,12,16,19H,3-7,11H2,1-2H3. The molecular formula is C16H24F2N2. The van der Waals surface area contributed by atoms with E-state index in [0.717, 1.165) is 37.8 Å². The van der Waals surface area contributed by atoms with Gasteiger partial charge in [0.15, 0.2) is 0 Å². The molecule has 1 aromatic carbocycles. The van der Waals surface area contributed by atoms with E-state index in [9.17, 15) is 8.78 Å². The number of piperazine rings is 1. The van der Waals surface area contributed by atoms with Crippen LogP contribution in [0.2, 0.25) is 0 Å². The highest BCUT2D eigenvalue weighted by molar-refractivity contribution is 5.18. The van der Waals surface area contributed by atoms with Crippen LogP contribution < -0.4 is 5.32 Å². The Bertz CT molecular complexity index is 414. The topological polar surface area (TPSA) is 15.3 Å². The molecule has 1 aromatic rings. The zero-order chi connectivity index (χ0) is 14.5. The Morgan fingerprint density at radius 2 is 1.95 bits per heavy atom. The van der Waals surface area contributed by atoms with Crippen LogP contribution in [0, 0.1) is 17.6 Å². The van der Waals surface area contributed by atoms with E-state index in [1.807, 2.05) is 0 Å². The fourth-order valence-electron chi connectivity index (χ4n) is 2.87. The normalized spacial score (nSPS) is 20.6. The van der Waals surface area contributed by atoms with Crippen molar-refractivity contribution < 1.29 is 8.78 Å². The molecule has 112 valence electrons. The summed E-state index contributed by atoms with van der Waals surface area (Å²) in [6.45, 7) is 8.35. The van der Waals surface area contributed by atoms with Gasteiger partial charge in [-0.2, -0.15) is 0 Å². The molecule has 0 aliphatic carbocycles. The molecule has 1 unspecified atom stereocenters. The van der Waals surface area contributed by atoms with Gasteiger partial charge in [-0.1, -0.05) is 13.8 Å². The van der Waals surface area contributed by atoms with E-state index in [1.165, 1.54) is 18.6 Å². The van der Waals surface area contributed by atoms with E-state index < -0.39 is 11.6 Å². The van der Waals surface area contributed by atoms with Crippen LogP contribution in [0.25, 0.3) is 0 Å². The van der Waals surface area contributed by atoms with Crippen molar-refractivity contribution in [2.45, 2.75) is 32.7 Å². The summed E-state index contributed by atoms with van der Waals surface area (Å²) < 4.78 is 26.3. The molecule has 0 radical (unpaired) electrons. The first-order chi connectivity index (χ1) is 9.52. The fourth-order valence-corrected chi connectivity index (χ4v) is 2.87. The predicted molar refractivity (Wildman–Crippen MR) is 77.7 cm³/mol. The van der Waals surface area contributed by atoms with Crippen LogP contribution in [0.4, 0.5) is 8.78 Å². The first kappa shape index (κ1) is 15.4. The predicted octanol–water partition coefficient (Wildman–Crippen LogP) is 2.83. The number of benzene rings is 1. The molecule has 1 aliphatic heterocycles. The summed E-state index contributed by atoms with van der Waals surface area (Å²) in [5.74, 6) is -0.291. The van der Waals surface area contributed by atoms with Gasteiger partial charge in [0.2, 0.25) is 0 Å². The average molecular weight is 282 g/mol. The lowest BCUT2D eigenvalue weighted by molar-refractivity contribution is 0.188. The fraction of sp³-hybridized carbons (Fsp3) is 0.625. The minimum absolute atomic E-state index is 0.488. The molecule has 4 heteroatoms. The molecule has 1 atom stereocenters. The first-order valence-corrected chi connectivity index (χ1v) is 7.43. The van der Waals surface area contributed by atoms with Crippen molar-refractivity contribution in [1.82, 2.24) is 10.2 Å². The lowest BCUT2D eigenvalue weighted by Crippen LogP contribution is -2.51. The third-order valence-electron chi connectivity index (χ3n) is 3.73. The summed E-state index contributed by atoms with van der Waals surface area (Å²) >= 11 is 0. The van der Waals surface area contributed by atoms with Gasteiger partial charge in [-0.25, -0.2) is 8.78 Å². The van der Waals surface area contributed by atoms with Gasteiger partial charge in [-0.3, -0.25) is 0 Å². The molecule has 1 heterocycles. The van der Waals surface area contributed by atoms with Gasteiger partial charge in [-0.05, 0) is 36.5 Å². The molecule has 20 heavy (non-hydrogen) atoms. The van der Waals surface area contributed by atoms with Crippen molar-refractivity contribution in [1.29, 1.82) is 0 Å². The molecule has 0 spiro atoms. The number of rotatable bonds is 5. The van der Waals surface area contributed by atoms with Crippen molar-refractivity contribution in [2.75, 3.05) is 26.2 Å². The molecule has 2 nitrogen and oxygen atoms in total. The second-order valence-corrected chi connectivity index (χ2v) is 6.11. The van der Waals surface area contributed by atoms with E-state index in [1.54, 1.807) is 0 Å².